The normalized spacial score (nSPS) is 14.0. The van der Waals surface area contributed by atoms with Gasteiger partial charge in [-0.25, -0.2) is 4.98 Å². The van der Waals surface area contributed by atoms with Gasteiger partial charge in [-0.3, -0.25) is 9.36 Å². The highest BCUT2D eigenvalue weighted by atomic mass is 32.2. The third kappa shape index (κ3) is 3.15. The van der Waals surface area contributed by atoms with Crippen LogP contribution in [0.15, 0.2) is 34.2 Å². The molecule has 5 heteroatoms. The van der Waals surface area contributed by atoms with Crippen molar-refractivity contribution in [2.75, 3.05) is 0 Å². The summed E-state index contributed by atoms with van der Waals surface area (Å²) in [5.41, 5.74) is 3.97. The SMILES string of the molecule is CCn1c(SCc2cccc(C)c2)nc2sc3c(c2c1=O)CCCC3. The first kappa shape index (κ1) is 16.9. The van der Waals surface area contributed by atoms with E-state index in [4.69, 9.17) is 4.98 Å². The fraction of sp³-hybridized carbons (Fsp3) is 0.400. The Kier molecular flexibility index (Phi) is 4.69. The van der Waals surface area contributed by atoms with Crippen molar-refractivity contribution in [3.8, 4) is 0 Å². The van der Waals surface area contributed by atoms with E-state index in [1.165, 1.54) is 34.4 Å². The summed E-state index contributed by atoms with van der Waals surface area (Å²) in [6, 6.07) is 8.53. The molecule has 0 atom stereocenters. The van der Waals surface area contributed by atoms with Gasteiger partial charge in [0, 0.05) is 17.2 Å². The molecule has 1 aliphatic rings. The number of nitrogens with zero attached hydrogens (tertiary/aromatic N) is 2. The zero-order valence-electron chi connectivity index (χ0n) is 14.7. The maximum absolute atomic E-state index is 13.1. The molecule has 1 aliphatic carbocycles. The number of hydrogen-bond donors (Lipinski definition) is 0. The number of fused-ring (bicyclic) bond motifs is 3. The van der Waals surface area contributed by atoms with Crippen LogP contribution in [0.1, 0.15) is 41.3 Å². The van der Waals surface area contributed by atoms with E-state index in [9.17, 15) is 4.79 Å². The molecule has 1 aromatic carbocycles. The lowest BCUT2D eigenvalue weighted by Gasteiger charge is -2.12. The van der Waals surface area contributed by atoms with Crippen molar-refractivity contribution in [3.05, 3.63) is 56.2 Å². The van der Waals surface area contributed by atoms with Crippen molar-refractivity contribution in [1.82, 2.24) is 9.55 Å². The van der Waals surface area contributed by atoms with E-state index < -0.39 is 0 Å². The highest BCUT2D eigenvalue weighted by molar-refractivity contribution is 7.98. The lowest BCUT2D eigenvalue weighted by atomic mass is 9.97. The predicted octanol–water partition coefficient (Wildman–Crippen LogP) is 4.96. The molecular weight excluding hydrogens is 348 g/mol. The van der Waals surface area contributed by atoms with Gasteiger partial charge in [-0.2, -0.15) is 0 Å². The van der Waals surface area contributed by atoms with Crippen LogP contribution in [0.3, 0.4) is 0 Å². The molecule has 0 saturated carbocycles. The van der Waals surface area contributed by atoms with Crippen LogP contribution in [0.25, 0.3) is 10.2 Å². The molecule has 0 saturated heterocycles. The number of aromatic nitrogens is 2. The molecule has 3 aromatic rings. The number of thiophene rings is 1. The first-order valence-electron chi connectivity index (χ1n) is 8.90. The van der Waals surface area contributed by atoms with Gasteiger partial charge in [0.2, 0.25) is 0 Å². The molecule has 0 N–H and O–H groups in total. The highest BCUT2D eigenvalue weighted by Crippen LogP contribution is 2.35. The summed E-state index contributed by atoms with van der Waals surface area (Å²) < 4.78 is 1.85. The van der Waals surface area contributed by atoms with Crippen LogP contribution in [0.2, 0.25) is 0 Å². The standard InChI is InChI=1S/C20H22N2OS2/c1-3-22-19(23)17-15-9-4-5-10-16(15)25-18(17)21-20(22)24-12-14-8-6-7-13(2)11-14/h6-8,11H,3-5,9-10,12H2,1-2H3. The van der Waals surface area contributed by atoms with Crippen LogP contribution < -0.4 is 5.56 Å². The molecule has 25 heavy (non-hydrogen) atoms. The van der Waals surface area contributed by atoms with Crippen LogP contribution in [0.4, 0.5) is 0 Å². The summed E-state index contributed by atoms with van der Waals surface area (Å²) in [6.45, 7) is 4.81. The van der Waals surface area contributed by atoms with Gasteiger partial charge < -0.3 is 0 Å². The first-order chi connectivity index (χ1) is 12.2. The Balaban J connectivity index is 1.74. The largest absolute Gasteiger partial charge is 0.287 e. The molecule has 0 fully saturated rings. The number of benzene rings is 1. The Morgan fingerprint density at radius 1 is 1.28 bits per heavy atom. The average molecular weight is 371 g/mol. The lowest BCUT2D eigenvalue weighted by molar-refractivity contribution is 0.633. The quantitative estimate of drug-likeness (QED) is 0.481. The van der Waals surface area contributed by atoms with Crippen molar-refractivity contribution < 1.29 is 0 Å². The Labute approximate surface area is 156 Å². The second kappa shape index (κ2) is 6.96. The van der Waals surface area contributed by atoms with Crippen LogP contribution >= 0.6 is 23.1 Å². The van der Waals surface area contributed by atoms with E-state index in [1.807, 2.05) is 11.5 Å². The van der Waals surface area contributed by atoms with Gasteiger partial charge in [0.15, 0.2) is 5.16 Å². The number of thioether (sulfide) groups is 1. The molecule has 3 nitrogen and oxygen atoms in total. The second-order valence-electron chi connectivity index (χ2n) is 6.61. The number of rotatable bonds is 4. The Bertz CT molecular complexity index is 987. The van der Waals surface area contributed by atoms with E-state index in [1.54, 1.807) is 23.1 Å². The first-order valence-corrected chi connectivity index (χ1v) is 10.7. The number of hydrogen-bond acceptors (Lipinski definition) is 4. The van der Waals surface area contributed by atoms with Gasteiger partial charge in [-0.1, -0.05) is 41.6 Å². The molecule has 0 spiro atoms. The Morgan fingerprint density at radius 3 is 2.92 bits per heavy atom. The van der Waals surface area contributed by atoms with Crippen molar-refractivity contribution in [2.24, 2.45) is 0 Å². The predicted molar refractivity (Wildman–Crippen MR) is 107 cm³/mol. The molecule has 4 rings (SSSR count). The zero-order valence-corrected chi connectivity index (χ0v) is 16.3. The minimum Gasteiger partial charge on any atom is -0.287 e. The molecular formula is C20H22N2OS2. The summed E-state index contributed by atoms with van der Waals surface area (Å²) in [7, 11) is 0. The summed E-state index contributed by atoms with van der Waals surface area (Å²) in [5.74, 6) is 0.838. The van der Waals surface area contributed by atoms with Gasteiger partial charge in [0.1, 0.15) is 4.83 Å². The minimum atomic E-state index is 0.152. The van der Waals surface area contributed by atoms with E-state index in [0.717, 1.165) is 34.0 Å². The van der Waals surface area contributed by atoms with E-state index in [-0.39, 0.29) is 5.56 Å². The molecule has 130 valence electrons. The van der Waals surface area contributed by atoms with E-state index >= 15 is 0 Å². The Morgan fingerprint density at radius 2 is 2.12 bits per heavy atom. The molecule has 2 aromatic heterocycles. The summed E-state index contributed by atoms with van der Waals surface area (Å²) >= 11 is 3.40. The summed E-state index contributed by atoms with van der Waals surface area (Å²) in [4.78, 5) is 20.3. The fourth-order valence-corrected chi connectivity index (χ4v) is 5.87. The van der Waals surface area contributed by atoms with Crippen molar-refractivity contribution >= 4 is 33.3 Å². The zero-order chi connectivity index (χ0) is 17.4. The van der Waals surface area contributed by atoms with Crippen LogP contribution in [0, 0.1) is 6.92 Å². The van der Waals surface area contributed by atoms with E-state index in [0.29, 0.717) is 6.54 Å². The molecule has 0 amide bonds. The fourth-order valence-electron chi connectivity index (χ4n) is 3.56. The topological polar surface area (TPSA) is 34.9 Å². The van der Waals surface area contributed by atoms with Gasteiger partial charge in [0.25, 0.3) is 5.56 Å². The second-order valence-corrected chi connectivity index (χ2v) is 8.64. The van der Waals surface area contributed by atoms with Crippen molar-refractivity contribution in [3.63, 3.8) is 0 Å². The lowest BCUT2D eigenvalue weighted by Crippen LogP contribution is -2.22. The highest BCUT2D eigenvalue weighted by Gasteiger charge is 2.21. The van der Waals surface area contributed by atoms with Crippen molar-refractivity contribution in [2.45, 2.75) is 57.0 Å². The van der Waals surface area contributed by atoms with Gasteiger partial charge in [-0.15, -0.1) is 11.3 Å². The molecule has 2 heterocycles. The maximum atomic E-state index is 13.1. The molecule has 0 radical (unpaired) electrons. The monoisotopic (exact) mass is 370 g/mol. The van der Waals surface area contributed by atoms with Crippen LogP contribution in [-0.4, -0.2) is 9.55 Å². The van der Waals surface area contributed by atoms with Crippen LogP contribution in [0.5, 0.6) is 0 Å². The molecule has 0 aliphatic heterocycles. The minimum absolute atomic E-state index is 0.152. The smallest absolute Gasteiger partial charge is 0.263 e. The molecule has 0 bridgehead atoms. The van der Waals surface area contributed by atoms with Crippen molar-refractivity contribution in [1.29, 1.82) is 0 Å². The summed E-state index contributed by atoms with van der Waals surface area (Å²) in [5, 5.41) is 1.74. The third-order valence-electron chi connectivity index (χ3n) is 4.81. The Hall–Kier alpha value is -1.59. The summed E-state index contributed by atoms with van der Waals surface area (Å²) in [6.07, 6.45) is 4.56. The maximum Gasteiger partial charge on any atom is 0.263 e. The van der Waals surface area contributed by atoms with Gasteiger partial charge in [0.05, 0.1) is 5.39 Å². The third-order valence-corrected chi connectivity index (χ3v) is 7.04. The van der Waals surface area contributed by atoms with Gasteiger partial charge in [-0.05, 0) is 50.7 Å². The molecule has 0 unspecified atom stereocenters. The van der Waals surface area contributed by atoms with E-state index in [2.05, 4.69) is 31.2 Å². The van der Waals surface area contributed by atoms with Crippen LogP contribution in [-0.2, 0) is 25.1 Å². The van der Waals surface area contributed by atoms with Gasteiger partial charge >= 0.3 is 0 Å². The number of aryl methyl sites for hydroxylation is 3. The average Bonchev–Trinajstić information content (AvgIpc) is 2.98.